The number of hydrogen-bond donors (Lipinski definition) is 0. The summed E-state index contributed by atoms with van der Waals surface area (Å²) >= 11 is 0. The van der Waals surface area contributed by atoms with Crippen molar-refractivity contribution in [1.82, 2.24) is 0 Å². The molecule has 0 spiro atoms. The van der Waals surface area contributed by atoms with Crippen molar-refractivity contribution in [2.75, 3.05) is 0 Å². The number of nitrogens with zero attached hydrogens (tertiary/aromatic N) is 1. The van der Waals surface area contributed by atoms with Gasteiger partial charge in [0.1, 0.15) is 0 Å². The lowest BCUT2D eigenvalue weighted by atomic mass is 9.79. The molecule has 0 saturated heterocycles. The summed E-state index contributed by atoms with van der Waals surface area (Å²) in [6.45, 7) is 39.2. The second-order valence-corrected chi connectivity index (χ2v) is 6.91. The highest BCUT2D eigenvalue weighted by Gasteiger charge is 2.25. The number of hydrogen-bond acceptors (Lipinski definition) is 1. The van der Waals surface area contributed by atoms with Gasteiger partial charge in [0.2, 0.25) is 0 Å². The predicted molar refractivity (Wildman–Crippen MR) is 122 cm³/mol. The second-order valence-electron chi connectivity index (χ2n) is 6.91. The van der Waals surface area contributed by atoms with Gasteiger partial charge in [-0.05, 0) is 55.3 Å². The van der Waals surface area contributed by atoms with Crippen LogP contribution < -0.4 is 31.3 Å². The van der Waals surface area contributed by atoms with Gasteiger partial charge in [-0.1, -0.05) is 71.3 Å². The fourth-order valence-electron chi connectivity index (χ4n) is 3.34. The van der Waals surface area contributed by atoms with E-state index >= 15 is 0 Å². The fraction of sp³-hybridized carbons (Fsp3) is 0.0385. The largest absolute Gasteiger partial charge is 0.247 e. The Morgan fingerprint density at radius 3 is 1.85 bits per heavy atom. The Morgan fingerprint density at radius 1 is 0.630 bits per heavy atom. The Kier molecular flexibility index (Phi) is 4.12. The molecule has 1 aliphatic rings. The molecule has 2 aromatic rings. The van der Waals surface area contributed by atoms with Crippen molar-refractivity contribution < 1.29 is 0 Å². The molecule has 0 fully saturated rings. The van der Waals surface area contributed by atoms with Gasteiger partial charge in [0, 0.05) is 16.4 Å². The molecule has 0 aliphatic heterocycles. The molecule has 0 unspecified atom stereocenters. The molecule has 0 saturated carbocycles. The van der Waals surface area contributed by atoms with E-state index in [2.05, 4.69) is 59.2 Å². The third-order valence-electron chi connectivity index (χ3n) is 5.40. The van der Waals surface area contributed by atoms with Crippen LogP contribution in [-0.4, -0.2) is 5.71 Å². The first-order chi connectivity index (χ1) is 12.6. The summed E-state index contributed by atoms with van der Waals surface area (Å²) in [6, 6.07) is 3.92. The maximum absolute atomic E-state index is 4.97. The van der Waals surface area contributed by atoms with Gasteiger partial charge in [0.15, 0.2) is 0 Å². The van der Waals surface area contributed by atoms with E-state index in [-0.39, 0.29) is 0 Å². The van der Waals surface area contributed by atoms with E-state index in [9.17, 15) is 0 Å². The van der Waals surface area contributed by atoms with E-state index < -0.39 is 0 Å². The monoisotopic (exact) mass is 349 g/mol. The summed E-state index contributed by atoms with van der Waals surface area (Å²) in [4.78, 5) is 4.97. The Bertz CT molecular complexity index is 1420. The first kappa shape index (κ1) is 18.3. The first-order valence-electron chi connectivity index (χ1n) is 8.54. The SMILES string of the molecule is C=C1C(=C)C(=Nc2c(C)c(=C)c(=C)c(=C)c2=C)c2c(ccc(=C)c2=C)C1=C. The Labute approximate surface area is 159 Å². The molecule has 27 heavy (non-hydrogen) atoms. The lowest BCUT2D eigenvalue weighted by Gasteiger charge is -2.25. The molecule has 1 heteroatoms. The Hall–Kier alpha value is -3.45. The molecule has 3 rings (SSSR count). The van der Waals surface area contributed by atoms with Gasteiger partial charge < -0.3 is 0 Å². The summed E-state index contributed by atoms with van der Waals surface area (Å²) in [7, 11) is 0. The standard InChI is InChI=1S/C26H23N/c1-13-11-12-23-19(7)18(6)22(10)26(24(23)14(13)2)27-25-20(8)16(4)15(3)17(5)21(25)9/h11-12H,1-8,10H2,9H3. The number of benzene rings is 2. The number of rotatable bonds is 1. The van der Waals surface area contributed by atoms with Crippen LogP contribution in [0.25, 0.3) is 45.0 Å². The Balaban J connectivity index is 2.53. The molecule has 0 radical (unpaired) electrons. The van der Waals surface area contributed by atoms with E-state index in [1.54, 1.807) is 0 Å². The third kappa shape index (κ3) is 2.51. The van der Waals surface area contributed by atoms with Gasteiger partial charge in [0.05, 0.1) is 11.4 Å². The highest BCUT2D eigenvalue weighted by Crippen LogP contribution is 2.34. The van der Waals surface area contributed by atoms with Crippen molar-refractivity contribution in [1.29, 1.82) is 0 Å². The second kappa shape index (κ2) is 6.07. The van der Waals surface area contributed by atoms with E-state index in [1.165, 1.54) is 0 Å². The van der Waals surface area contributed by atoms with E-state index in [0.717, 1.165) is 70.4 Å². The first-order valence-corrected chi connectivity index (χ1v) is 8.54. The minimum absolute atomic E-state index is 0.710. The molecule has 0 atom stereocenters. The molecule has 0 bridgehead atoms. The van der Waals surface area contributed by atoms with Gasteiger partial charge in [-0.2, -0.15) is 0 Å². The van der Waals surface area contributed by atoms with Gasteiger partial charge in [-0.25, -0.2) is 4.99 Å². The van der Waals surface area contributed by atoms with Gasteiger partial charge in [-0.15, -0.1) is 0 Å². The zero-order valence-corrected chi connectivity index (χ0v) is 16.0. The van der Waals surface area contributed by atoms with E-state index in [4.69, 9.17) is 4.99 Å². The van der Waals surface area contributed by atoms with Crippen molar-refractivity contribution in [2.45, 2.75) is 6.92 Å². The van der Waals surface area contributed by atoms with Crippen molar-refractivity contribution in [3.05, 3.63) is 91.0 Å². The average molecular weight is 349 g/mol. The molecule has 0 N–H and O–H groups in total. The lowest BCUT2D eigenvalue weighted by Crippen LogP contribution is -2.47. The lowest BCUT2D eigenvalue weighted by molar-refractivity contribution is 1.27. The van der Waals surface area contributed by atoms with Crippen LogP contribution in [0.4, 0.5) is 5.69 Å². The minimum Gasteiger partial charge on any atom is -0.247 e. The molecule has 1 nitrogen and oxygen atoms in total. The maximum atomic E-state index is 4.97. The van der Waals surface area contributed by atoms with Crippen molar-refractivity contribution in [3.63, 3.8) is 0 Å². The molecular formula is C26H23N. The smallest absolute Gasteiger partial charge is 0.0794 e. The van der Waals surface area contributed by atoms with E-state index in [1.807, 2.05) is 19.1 Å². The zero-order valence-electron chi connectivity index (χ0n) is 16.0. The summed E-state index contributed by atoms with van der Waals surface area (Å²) in [5.74, 6) is 0. The predicted octanol–water partition coefficient (Wildman–Crippen LogP) is 1.72. The molecule has 1 aliphatic carbocycles. The third-order valence-corrected chi connectivity index (χ3v) is 5.40. The van der Waals surface area contributed by atoms with Crippen LogP contribution in [0.3, 0.4) is 0 Å². The molecular weight excluding hydrogens is 326 g/mol. The van der Waals surface area contributed by atoms with Gasteiger partial charge in [0.25, 0.3) is 0 Å². The highest BCUT2D eigenvalue weighted by molar-refractivity contribution is 6.24. The van der Waals surface area contributed by atoms with Crippen LogP contribution in [0.15, 0.2) is 48.0 Å². The molecule has 0 amide bonds. The van der Waals surface area contributed by atoms with Crippen LogP contribution in [0, 0.1) is 6.92 Å². The summed E-state index contributed by atoms with van der Waals surface area (Å²) < 4.78 is 0. The van der Waals surface area contributed by atoms with Crippen LogP contribution >= 0.6 is 0 Å². The van der Waals surface area contributed by atoms with Crippen LogP contribution in [0.2, 0.25) is 0 Å². The quantitative estimate of drug-likeness (QED) is 0.743. The minimum atomic E-state index is 0.710. The van der Waals surface area contributed by atoms with Crippen molar-refractivity contribution >= 4 is 56.4 Å². The van der Waals surface area contributed by atoms with Crippen LogP contribution in [0.5, 0.6) is 0 Å². The Morgan fingerprint density at radius 2 is 1.22 bits per heavy atom. The molecule has 0 heterocycles. The number of allylic oxidation sites excluding steroid dienone is 3. The molecule has 2 aromatic carbocycles. The summed E-state index contributed by atoms with van der Waals surface area (Å²) in [5.41, 5.74) is 6.51. The maximum Gasteiger partial charge on any atom is 0.0794 e. The summed E-state index contributed by atoms with van der Waals surface area (Å²) in [6.07, 6.45) is 0. The van der Waals surface area contributed by atoms with Gasteiger partial charge in [-0.3, -0.25) is 0 Å². The average Bonchev–Trinajstić information content (AvgIpc) is 2.65. The topological polar surface area (TPSA) is 12.4 Å². The zero-order chi connectivity index (χ0) is 20.2. The van der Waals surface area contributed by atoms with E-state index in [0.29, 0.717) is 5.71 Å². The van der Waals surface area contributed by atoms with Crippen molar-refractivity contribution in [2.24, 2.45) is 4.99 Å². The van der Waals surface area contributed by atoms with Crippen LogP contribution in [0.1, 0.15) is 16.7 Å². The number of fused-ring (bicyclic) bond motifs is 1. The highest BCUT2D eigenvalue weighted by atomic mass is 14.8. The molecule has 0 aromatic heterocycles. The normalized spacial score (nSPS) is 15.3. The van der Waals surface area contributed by atoms with Crippen molar-refractivity contribution in [3.8, 4) is 0 Å². The van der Waals surface area contributed by atoms with Gasteiger partial charge >= 0.3 is 0 Å². The fourth-order valence-corrected chi connectivity index (χ4v) is 3.34. The summed E-state index contributed by atoms with van der Waals surface area (Å²) in [5, 5.41) is 4.74. The molecule has 132 valence electrons. The van der Waals surface area contributed by atoms with Crippen LogP contribution in [-0.2, 0) is 0 Å². The number of aliphatic imine (C=N–C) groups is 1.